The maximum Gasteiger partial charge on any atom is 0.354 e. The predicted octanol–water partition coefficient (Wildman–Crippen LogP) is 3.17. The van der Waals surface area contributed by atoms with Gasteiger partial charge in [0.15, 0.2) is 11.0 Å². The van der Waals surface area contributed by atoms with Crippen molar-refractivity contribution in [1.82, 2.24) is 24.2 Å². The molecular formula is C20H19ClFN5O4S. The van der Waals surface area contributed by atoms with Crippen LogP contribution in [-0.2, 0) is 10.0 Å². The van der Waals surface area contributed by atoms with Crippen molar-refractivity contribution >= 4 is 27.6 Å². The van der Waals surface area contributed by atoms with Crippen molar-refractivity contribution in [2.24, 2.45) is 5.92 Å². The zero-order valence-electron chi connectivity index (χ0n) is 16.9. The lowest BCUT2D eigenvalue weighted by molar-refractivity contribution is 0.0690. The minimum atomic E-state index is -3.82. The summed E-state index contributed by atoms with van der Waals surface area (Å²) in [6.07, 6.45) is 2.65. The lowest BCUT2D eigenvalue weighted by atomic mass is 9.86. The number of carbonyl (C=O) groups is 1. The van der Waals surface area contributed by atoms with Gasteiger partial charge in [-0.2, -0.15) is 4.31 Å². The first kappa shape index (κ1) is 22.3. The fourth-order valence-corrected chi connectivity index (χ4v) is 5.58. The standard InChI is InChI=1S/C20H19ClFN5O4S/c1-11-10-27(32(30,31)13-3-5-16(20(28)29)24-9-13)7-6-14(11)17-18(21)26-19(25-17)15-4-2-12(22)8-23-15/h2-5,8-9,11,14H,6-7,10H2,1H3,(H,25,26)(H,28,29)/t11-,14+/m0/s1. The van der Waals surface area contributed by atoms with Gasteiger partial charge in [-0.15, -0.1) is 0 Å². The number of rotatable bonds is 5. The van der Waals surface area contributed by atoms with E-state index < -0.39 is 21.8 Å². The Hall–Kier alpha value is -2.89. The maximum atomic E-state index is 13.1. The Morgan fingerprint density at radius 1 is 1.25 bits per heavy atom. The number of hydrogen-bond acceptors (Lipinski definition) is 6. The van der Waals surface area contributed by atoms with Crippen LogP contribution in [-0.4, -0.2) is 56.8 Å². The summed E-state index contributed by atoms with van der Waals surface area (Å²) in [5, 5.41) is 9.22. The third kappa shape index (κ3) is 4.23. The molecule has 4 heterocycles. The third-order valence-electron chi connectivity index (χ3n) is 5.49. The number of sulfonamides is 1. The molecule has 3 aromatic rings. The van der Waals surface area contributed by atoms with Crippen molar-refractivity contribution in [2.45, 2.75) is 24.2 Å². The fourth-order valence-electron chi connectivity index (χ4n) is 3.81. The number of carboxylic acid groups (broad SMARTS) is 1. The van der Waals surface area contributed by atoms with Crippen LogP contribution in [0.4, 0.5) is 4.39 Å². The molecule has 0 radical (unpaired) electrons. The lowest BCUT2D eigenvalue weighted by Crippen LogP contribution is -2.42. The molecule has 32 heavy (non-hydrogen) atoms. The van der Waals surface area contributed by atoms with Gasteiger partial charge in [-0.1, -0.05) is 18.5 Å². The Morgan fingerprint density at radius 3 is 2.62 bits per heavy atom. The predicted molar refractivity (Wildman–Crippen MR) is 113 cm³/mol. The van der Waals surface area contributed by atoms with E-state index >= 15 is 0 Å². The first-order chi connectivity index (χ1) is 15.2. The molecule has 0 unspecified atom stereocenters. The number of imidazole rings is 1. The van der Waals surface area contributed by atoms with E-state index in [0.717, 1.165) is 12.4 Å². The van der Waals surface area contributed by atoms with Crippen molar-refractivity contribution in [3.63, 3.8) is 0 Å². The number of aromatic carboxylic acids is 1. The van der Waals surface area contributed by atoms with E-state index in [1.54, 1.807) is 0 Å². The van der Waals surface area contributed by atoms with Gasteiger partial charge in [-0.25, -0.2) is 32.6 Å². The second kappa shape index (κ2) is 8.57. The highest BCUT2D eigenvalue weighted by atomic mass is 35.5. The third-order valence-corrected chi connectivity index (χ3v) is 7.62. The molecule has 0 saturated carbocycles. The van der Waals surface area contributed by atoms with Gasteiger partial charge in [-0.05, 0) is 36.6 Å². The highest BCUT2D eigenvalue weighted by Gasteiger charge is 2.36. The molecule has 1 saturated heterocycles. The van der Waals surface area contributed by atoms with E-state index in [-0.39, 0.29) is 40.7 Å². The number of aromatic amines is 1. The molecule has 2 atom stereocenters. The Kier molecular flexibility index (Phi) is 5.97. The molecule has 9 nitrogen and oxygen atoms in total. The number of halogens is 2. The van der Waals surface area contributed by atoms with Gasteiger partial charge in [0.2, 0.25) is 10.0 Å². The van der Waals surface area contributed by atoms with Crippen LogP contribution in [0.1, 0.15) is 35.4 Å². The van der Waals surface area contributed by atoms with Gasteiger partial charge in [-0.3, -0.25) is 0 Å². The largest absolute Gasteiger partial charge is 0.477 e. The average molecular weight is 480 g/mol. The first-order valence-corrected chi connectivity index (χ1v) is 11.6. The van der Waals surface area contributed by atoms with Crippen LogP contribution >= 0.6 is 11.6 Å². The number of aromatic nitrogens is 4. The zero-order chi connectivity index (χ0) is 23.0. The summed E-state index contributed by atoms with van der Waals surface area (Å²) < 4.78 is 40.5. The molecule has 0 amide bonds. The van der Waals surface area contributed by atoms with Crippen LogP contribution in [0.25, 0.3) is 11.5 Å². The zero-order valence-corrected chi connectivity index (χ0v) is 18.4. The maximum absolute atomic E-state index is 13.1. The molecule has 2 N–H and O–H groups in total. The van der Waals surface area contributed by atoms with Crippen molar-refractivity contribution in [2.75, 3.05) is 13.1 Å². The molecule has 3 aromatic heterocycles. The van der Waals surface area contributed by atoms with E-state index in [1.807, 2.05) is 6.92 Å². The summed E-state index contributed by atoms with van der Waals surface area (Å²) in [4.78, 5) is 26.1. The van der Waals surface area contributed by atoms with Crippen LogP contribution in [0, 0.1) is 11.7 Å². The highest BCUT2D eigenvalue weighted by molar-refractivity contribution is 7.89. The average Bonchev–Trinajstić information content (AvgIpc) is 3.15. The molecule has 168 valence electrons. The molecule has 0 spiro atoms. The van der Waals surface area contributed by atoms with Crippen LogP contribution in [0.3, 0.4) is 0 Å². The van der Waals surface area contributed by atoms with Crippen LogP contribution in [0.5, 0.6) is 0 Å². The first-order valence-electron chi connectivity index (χ1n) is 9.73. The Morgan fingerprint density at radius 2 is 2.03 bits per heavy atom. The van der Waals surface area contributed by atoms with Crippen LogP contribution in [0.15, 0.2) is 41.6 Å². The number of carboxylic acids is 1. The number of pyridine rings is 2. The van der Waals surface area contributed by atoms with Crippen LogP contribution < -0.4 is 0 Å². The van der Waals surface area contributed by atoms with Crippen LogP contribution in [0.2, 0.25) is 5.15 Å². The second-order valence-electron chi connectivity index (χ2n) is 7.57. The quantitative estimate of drug-likeness (QED) is 0.574. The minimum absolute atomic E-state index is 0.0580. The summed E-state index contributed by atoms with van der Waals surface area (Å²) in [7, 11) is -3.82. The van der Waals surface area contributed by atoms with Crippen molar-refractivity contribution < 1.29 is 22.7 Å². The second-order valence-corrected chi connectivity index (χ2v) is 9.87. The van der Waals surface area contributed by atoms with E-state index in [0.29, 0.717) is 23.6 Å². The normalized spacial score (nSPS) is 19.7. The summed E-state index contributed by atoms with van der Waals surface area (Å²) in [6.45, 7) is 2.41. The molecule has 1 aliphatic heterocycles. The highest BCUT2D eigenvalue weighted by Crippen LogP contribution is 2.37. The van der Waals surface area contributed by atoms with Crippen molar-refractivity contribution in [1.29, 1.82) is 0 Å². The Balaban J connectivity index is 1.52. The Bertz CT molecular complexity index is 1250. The number of nitrogens with one attached hydrogen (secondary N) is 1. The molecule has 0 aliphatic carbocycles. The van der Waals surface area contributed by atoms with E-state index in [4.69, 9.17) is 16.7 Å². The molecule has 4 rings (SSSR count). The molecule has 0 aromatic carbocycles. The topological polar surface area (TPSA) is 129 Å². The van der Waals surface area contributed by atoms with Crippen molar-refractivity contribution in [3.05, 3.63) is 59.0 Å². The number of hydrogen-bond donors (Lipinski definition) is 2. The molecule has 1 fully saturated rings. The molecular weight excluding hydrogens is 461 g/mol. The van der Waals surface area contributed by atoms with E-state index in [9.17, 15) is 17.6 Å². The summed E-state index contributed by atoms with van der Waals surface area (Å²) >= 11 is 6.36. The van der Waals surface area contributed by atoms with Gasteiger partial charge in [0, 0.05) is 25.2 Å². The SMILES string of the molecule is C[C@H]1CN(S(=O)(=O)c2ccc(C(=O)O)nc2)CC[C@H]1c1[nH]c(-c2ccc(F)cn2)nc1Cl. The van der Waals surface area contributed by atoms with Gasteiger partial charge in [0.1, 0.15) is 22.1 Å². The summed E-state index contributed by atoms with van der Waals surface area (Å²) in [6, 6.07) is 5.19. The smallest absolute Gasteiger partial charge is 0.354 e. The van der Waals surface area contributed by atoms with Gasteiger partial charge < -0.3 is 10.1 Å². The summed E-state index contributed by atoms with van der Waals surface area (Å²) in [5.74, 6) is -1.42. The fraction of sp³-hybridized carbons (Fsp3) is 0.300. The minimum Gasteiger partial charge on any atom is -0.477 e. The van der Waals surface area contributed by atoms with Gasteiger partial charge in [0.05, 0.1) is 11.9 Å². The number of nitrogens with zero attached hydrogens (tertiary/aromatic N) is 4. The molecule has 0 bridgehead atoms. The Labute approximate surface area is 188 Å². The van der Waals surface area contributed by atoms with Gasteiger partial charge >= 0.3 is 5.97 Å². The van der Waals surface area contributed by atoms with Gasteiger partial charge in [0.25, 0.3) is 0 Å². The molecule has 1 aliphatic rings. The number of H-pyrrole nitrogens is 1. The summed E-state index contributed by atoms with van der Waals surface area (Å²) in [5.41, 5.74) is 0.908. The molecule has 12 heteroatoms. The van der Waals surface area contributed by atoms with E-state index in [2.05, 4.69) is 19.9 Å². The van der Waals surface area contributed by atoms with Crippen molar-refractivity contribution in [3.8, 4) is 11.5 Å². The van der Waals surface area contributed by atoms with E-state index in [1.165, 1.54) is 28.6 Å². The lowest BCUT2D eigenvalue weighted by Gasteiger charge is -2.35. The monoisotopic (exact) mass is 479 g/mol. The number of piperidine rings is 1.